The highest BCUT2D eigenvalue weighted by Crippen LogP contribution is 2.37. The van der Waals surface area contributed by atoms with Crippen molar-refractivity contribution in [2.45, 2.75) is 58.0 Å². The van der Waals surface area contributed by atoms with Gasteiger partial charge < -0.3 is 5.73 Å². The second-order valence-corrected chi connectivity index (χ2v) is 4.91. The van der Waals surface area contributed by atoms with Crippen LogP contribution in [0.5, 0.6) is 0 Å². The number of rotatable bonds is 3. The van der Waals surface area contributed by atoms with Gasteiger partial charge in [0.1, 0.15) is 12.2 Å². The van der Waals surface area contributed by atoms with E-state index in [2.05, 4.69) is 23.9 Å². The topological polar surface area (TPSA) is 56.7 Å². The van der Waals surface area contributed by atoms with Gasteiger partial charge >= 0.3 is 0 Å². The number of hydrogen-bond donors (Lipinski definition) is 1. The highest BCUT2D eigenvalue weighted by atomic mass is 15.3. The van der Waals surface area contributed by atoms with Crippen LogP contribution >= 0.6 is 0 Å². The van der Waals surface area contributed by atoms with Gasteiger partial charge in [0.25, 0.3) is 0 Å². The van der Waals surface area contributed by atoms with E-state index in [1.165, 1.54) is 19.3 Å². The van der Waals surface area contributed by atoms with Crippen molar-refractivity contribution in [3.63, 3.8) is 0 Å². The maximum atomic E-state index is 6.49. The molecule has 1 aliphatic carbocycles. The summed E-state index contributed by atoms with van der Waals surface area (Å²) in [5.74, 6) is 1.83. The van der Waals surface area contributed by atoms with Gasteiger partial charge in [-0.15, -0.1) is 0 Å². The van der Waals surface area contributed by atoms with Gasteiger partial charge in [-0.2, -0.15) is 5.10 Å². The van der Waals surface area contributed by atoms with E-state index in [4.69, 9.17) is 5.73 Å². The number of aryl methyl sites for hydroxylation is 1. The van der Waals surface area contributed by atoms with E-state index in [1.807, 2.05) is 4.68 Å². The Labute approximate surface area is 97.2 Å². The summed E-state index contributed by atoms with van der Waals surface area (Å²) in [5.41, 5.74) is 6.26. The lowest BCUT2D eigenvalue weighted by atomic mass is 9.76. The molecule has 2 N–H and O–H groups in total. The molecular weight excluding hydrogens is 200 g/mol. The lowest BCUT2D eigenvalue weighted by molar-refractivity contribution is 0.215. The normalized spacial score (nSPS) is 30.6. The van der Waals surface area contributed by atoms with E-state index in [1.54, 1.807) is 6.33 Å². The number of nitrogens with two attached hydrogens (primary N) is 1. The lowest BCUT2D eigenvalue weighted by Crippen LogP contribution is -2.43. The van der Waals surface area contributed by atoms with Crippen LogP contribution in [0.1, 0.15) is 51.8 Å². The molecule has 1 aromatic rings. The van der Waals surface area contributed by atoms with Gasteiger partial charge in [-0.3, -0.25) is 0 Å². The van der Waals surface area contributed by atoms with E-state index in [0.29, 0.717) is 0 Å². The molecule has 0 amide bonds. The van der Waals surface area contributed by atoms with Gasteiger partial charge in [-0.05, 0) is 38.5 Å². The van der Waals surface area contributed by atoms with E-state index in [-0.39, 0.29) is 5.54 Å². The highest BCUT2D eigenvalue weighted by Gasteiger charge is 2.36. The zero-order valence-electron chi connectivity index (χ0n) is 10.3. The maximum absolute atomic E-state index is 6.49. The monoisotopic (exact) mass is 222 g/mol. The summed E-state index contributed by atoms with van der Waals surface area (Å²) in [4.78, 5) is 4.36. The molecule has 2 rings (SSSR count). The third kappa shape index (κ3) is 1.98. The Kier molecular flexibility index (Phi) is 3.28. The SMILES string of the molecule is CCC1CCC(N)(c2ncnn2CC)CC1. The standard InChI is InChI=1S/C12H22N4/c1-3-10-5-7-12(13,8-6-10)11-14-9-15-16(11)4-2/h9-10H,3-8,13H2,1-2H3. The predicted octanol–water partition coefficient (Wildman–Crippen LogP) is 2.05. The largest absolute Gasteiger partial charge is 0.319 e. The molecular formula is C12H22N4. The minimum Gasteiger partial charge on any atom is -0.319 e. The first-order valence-electron chi connectivity index (χ1n) is 6.36. The number of hydrogen-bond acceptors (Lipinski definition) is 3. The molecule has 0 aromatic carbocycles. The Morgan fingerprint density at radius 2 is 2.12 bits per heavy atom. The van der Waals surface area contributed by atoms with Crippen LogP contribution in [0.4, 0.5) is 0 Å². The molecule has 1 aromatic heterocycles. The molecule has 16 heavy (non-hydrogen) atoms. The van der Waals surface area contributed by atoms with Crippen LogP contribution in [0.2, 0.25) is 0 Å². The first-order chi connectivity index (χ1) is 7.69. The first kappa shape index (κ1) is 11.6. The molecule has 0 spiro atoms. The molecule has 0 saturated heterocycles. The van der Waals surface area contributed by atoms with Crippen LogP contribution in [0.15, 0.2) is 6.33 Å². The van der Waals surface area contributed by atoms with E-state index in [0.717, 1.165) is 31.1 Å². The molecule has 1 aliphatic rings. The highest BCUT2D eigenvalue weighted by molar-refractivity contribution is 5.06. The molecule has 0 radical (unpaired) electrons. The van der Waals surface area contributed by atoms with E-state index < -0.39 is 0 Å². The van der Waals surface area contributed by atoms with Gasteiger partial charge in [0, 0.05) is 6.54 Å². The van der Waals surface area contributed by atoms with E-state index in [9.17, 15) is 0 Å². The van der Waals surface area contributed by atoms with Crippen molar-refractivity contribution >= 4 is 0 Å². The van der Waals surface area contributed by atoms with Gasteiger partial charge in [0.05, 0.1) is 5.54 Å². The number of aromatic nitrogens is 3. The summed E-state index contributed by atoms with van der Waals surface area (Å²) >= 11 is 0. The average molecular weight is 222 g/mol. The Balaban J connectivity index is 2.14. The molecule has 4 nitrogen and oxygen atoms in total. The Morgan fingerprint density at radius 1 is 1.44 bits per heavy atom. The van der Waals surface area contributed by atoms with Gasteiger partial charge in [-0.1, -0.05) is 13.3 Å². The van der Waals surface area contributed by atoms with Crippen LogP contribution in [-0.4, -0.2) is 14.8 Å². The second-order valence-electron chi connectivity index (χ2n) is 4.91. The molecule has 1 saturated carbocycles. The summed E-state index contributed by atoms with van der Waals surface area (Å²) in [5, 5.41) is 4.22. The molecule has 4 heteroatoms. The van der Waals surface area contributed by atoms with Crippen LogP contribution in [-0.2, 0) is 12.1 Å². The van der Waals surface area contributed by atoms with Crippen molar-refractivity contribution < 1.29 is 0 Å². The summed E-state index contributed by atoms with van der Waals surface area (Å²) < 4.78 is 1.94. The molecule has 0 bridgehead atoms. The summed E-state index contributed by atoms with van der Waals surface area (Å²) in [6, 6.07) is 0. The Bertz CT molecular complexity index is 337. The predicted molar refractivity (Wildman–Crippen MR) is 63.8 cm³/mol. The fourth-order valence-corrected chi connectivity index (χ4v) is 2.71. The van der Waals surface area contributed by atoms with Crippen molar-refractivity contribution in [3.05, 3.63) is 12.2 Å². The van der Waals surface area contributed by atoms with Gasteiger partial charge in [-0.25, -0.2) is 9.67 Å². The summed E-state index contributed by atoms with van der Waals surface area (Å²) in [7, 11) is 0. The fourth-order valence-electron chi connectivity index (χ4n) is 2.71. The molecule has 0 aliphatic heterocycles. The average Bonchev–Trinajstić information content (AvgIpc) is 2.79. The summed E-state index contributed by atoms with van der Waals surface area (Å²) in [6.07, 6.45) is 7.44. The van der Waals surface area contributed by atoms with Crippen molar-refractivity contribution in [1.82, 2.24) is 14.8 Å². The second kappa shape index (κ2) is 4.53. The molecule has 1 heterocycles. The maximum Gasteiger partial charge on any atom is 0.146 e. The zero-order valence-corrected chi connectivity index (χ0v) is 10.3. The van der Waals surface area contributed by atoms with Crippen LogP contribution in [0.25, 0.3) is 0 Å². The summed E-state index contributed by atoms with van der Waals surface area (Å²) in [6.45, 7) is 5.20. The molecule has 0 unspecified atom stereocenters. The lowest BCUT2D eigenvalue weighted by Gasteiger charge is -2.36. The quantitative estimate of drug-likeness (QED) is 0.851. The van der Waals surface area contributed by atoms with E-state index >= 15 is 0 Å². The third-order valence-electron chi connectivity index (χ3n) is 3.94. The number of nitrogens with zero attached hydrogens (tertiary/aromatic N) is 3. The van der Waals surface area contributed by atoms with Crippen LogP contribution in [0, 0.1) is 5.92 Å². The van der Waals surface area contributed by atoms with Crippen molar-refractivity contribution in [2.24, 2.45) is 11.7 Å². The molecule has 0 atom stereocenters. The Hall–Kier alpha value is -0.900. The van der Waals surface area contributed by atoms with Gasteiger partial charge in [0.2, 0.25) is 0 Å². The smallest absolute Gasteiger partial charge is 0.146 e. The van der Waals surface area contributed by atoms with Crippen molar-refractivity contribution in [2.75, 3.05) is 0 Å². The Morgan fingerprint density at radius 3 is 2.69 bits per heavy atom. The minimum absolute atomic E-state index is 0.238. The zero-order chi connectivity index (χ0) is 11.6. The van der Waals surface area contributed by atoms with Crippen molar-refractivity contribution in [1.29, 1.82) is 0 Å². The van der Waals surface area contributed by atoms with Gasteiger partial charge in [0.15, 0.2) is 0 Å². The fraction of sp³-hybridized carbons (Fsp3) is 0.833. The van der Waals surface area contributed by atoms with Crippen LogP contribution < -0.4 is 5.73 Å². The molecule has 90 valence electrons. The molecule has 1 fully saturated rings. The first-order valence-corrected chi connectivity index (χ1v) is 6.36. The van der Waals surface area contributed by atoms with Crippen LogP contribution in [0.3, 0.4) is 0 Å². The third-order valence-corrected chi connectivity index (χ3v) is 3.94. The minimum atomic E-state index is -0.238. The van der Waals surface area contributed by atoms with Crippen molar-refractivity contribution in [3.8, 4) is 0 Å².